The van der Waals surface area contributed by atoms with E-state index in [1.807, 2.05) is 14.0 Å². The smallest absolute Gasteiger partial charge is 0.207 e. The van der Waals surface area contributed by atoms with E-state index >= 15 is 0 Å². The number of nitrogen functional groups attached to an aromatic ring is 1. The van der Waals surface area contributed by atoms with E-state index in [1.165, 1.54) is 6.07 Å². The Labute approximate surface area is 123 Å². The maximum absolute atomic E-state index is 13.4. The van der Waals surface area contributed by atoms with Gasteiger partial charge in [-0.05, 0) is 40.5 Å². The van der Waals surface area contributed by atoms with Gasteiger partial charge < -0.3 is 5.73 Å². The summed E-state index contributed by atoms with van der Waals surface area (Å²) < 4.78 is 17.3. The number of hydrogen-bond donors (Lipinski definition) is 1. The van der Waals surface area contributed by atoms with E-state index in [-0.39, 0.29) is 5.82 Å². The van der Waals surface area contributed by atoms with E-state index < -0.39 is 0 Å². The fourth-order valence-electron chi connectivity index (χ4n) is 2.31. The summed E-state index contributed by atoms with van der Waals surface area (Å²) in [6.07, 6.45) is 0.779. The minimum absolute atomic E-state index is 0.317. The summed E-state index contributed by atoms with van der Waals surface area (Å²) in [6.45, 7) is 2.02. The van der Waals surface area contributed by atoms with Gasteiger partial charge >= 0.3 is 0 Å². The maximum Gasteiger partial charge on any atom is 0.207 e. The molecule has 5 nitrogen and oxygen atoms in total. The molecular weight excluding hydrogens is 325 g/mol. The molecule has 0 fully saturated rings. The standard InChI is InChI=1S/C13H13BrFN5/c1-3-10-11-12(19(2)18-10)20(13(16)17-11)7-4-5-9(15)8(14)6-7/h4-6H,3H2,1-2H3,(H2,16,17). The van der Waals surface area contributed by atoms with Crippen molar-refractivity contribution in [3.8, 4) is 5.69 Å². The number of benzene rings is 1. The van der Waals surface area contributed by atoms with E-state index in [0.29, 0.717) is 10.4 Å². The number of aromatic nitrogens is 4. The number of halogens is 2. The van der Waals surface area contributed by atoms with Gasteiger partial charge in [0.15, 0.2) is 5.65 Å². The molecule has 0 atom stereocenters. The highest BCUT2D eigenvalue weighted by Gasteiger charge is 2.18. The summed E-state index contributed by atoms with van der Waals surface area (Å²) in [5.74, 6) is 0.0455. The molecule has 0 aliphatic rings. The number of aryl methyl sites for hydroxylation is 2. The van der Waals surface area contributed by atoms with Gasteiger partial charge in [0.1, 0.15) is 11.3 Å². The summed E-state index contributed by atoms with van der Waals surface area (Å²) in [7, 11) is 1.84. The Morgan fingerprint density at radius 1 is 1.40 bits per heavy atom. The van der Waals surface area contributed by atoms with Crippen LogP contribution in [-0.4, -0.2) is 19.3 Å². The van der Waals surface area contributed by atoms with Crippen LogP contribution in [0.1, 0.15) is 12.6 Å². The molecule has 0 spiro atoms. The van der Waals surface area contributed by atoms with Crippen molar-refractivity contribution in [1.29, 1.82) is 0 Å². The van der Waals surface area contributed by atoms with Gasteiger partial charge in [0.2, 0.25) is 5.95 Å². The third kappa shape index (κ3) is 1.81. The zero-order valence-corrected chi connectivity index (χ0v) is 12.6. The lowest BCUT2D eigenvalue weighted by molar-refractivity contribution is 0.620. The second-order valence-electron chi connectivity index (χ2n) is 4.50. The van der Waals surface area contributed by atoms with Crippen LogP contribution >= 0.6 is 15.9 Å². The molecule has 7 heteroatoms. The number of hydrogen-bond acceptors (Lipinski definition) is 3. The van der Waals surface area contributed by atoms with E-state index in [2.05, 4.69) is 26.0 Å². The number of rotatable bonds is 2. The summed E-state index contributed by atoms with van der Waals surface area (Å²) in [5.41, 5.74) is 9.24. The molecule has 2 N–H and O–H groups in total. The second-order valence-corrected chi connectivity index (χ2v) is 5.35. The van der Waals surface area contributed by atoms with Gasteiger partial charge in [0.05, 0.1) is 15.9 Å². The average Bonchev–Trinajstić information content (AvgIpc) is 2.90. The van der Waals surface area contributed by atoms with Crippen LogP contribution in [0.25, 0.3) is 16.9 Å². The molecule has 104 valence electrons. The zero-order valence-electron chi connectivity index (χ0n) is 11.1. The fraction of sp³-hybridized carbons (Fsp3) is 0.231. The summed E-state index contributed by atoms with van der Waals surface area (Å²) in [5, 5.41) is 4.43. The molecule has 2 aromatic heterocycles. The minimum atomic E-state index is -0.317. The number of fused-ring (bicyclic) bond motifs is 1. The van der Waals surface area contributed by atoms with Crippen molar-refractivity contribution in [2.45, 2.75) is 13.3 Å². The number of nitrogens with two attached hydrogens (primary N) is 1. The lowest BCUT2D eigenvalue weighted by Gasteiger charge is -2.07. The maximum atomic E-state index is 13.4. The Bertz CT molecular complexity index is 805. The molecule has 0 unspecified atom stereocenters. The van der Waals surface area contributed by atoms with E-state index in [9.17, 15) is 4.39 Å². The predicted molar refractivity (Wildman–Crippen MR) is 79.3 cm³/mol. The van der Waals surface area contributed by atoms with E-state index in [4.69, 9.17) is 5.73 Å². The van der Waals surface area contributed by atoms with Gasteiger partial charge in [-0.25, -0.2) is 14.1 Å². The van der Waals surface area contributed by atoms with Crippen LogP contribution in [-0.2, 0) is 13.5 Å². The van der Waals surface area contributed by atoms with Crippen LogP contribution in [0.2, 0.25) is 0 Å². The van der Waals surface area contributed by atoms with Crippen LogP contribution in [0.5, 0.6) is 0 Å². The van der Waals surface area contributed by atoms with Crippen LogP contribution < -0.4 is 5.73 Å². The van der Waals surface area contributed by atoms with Crippen LogP contribution in [0.3, 0.4) is 0 Å². The van der Waals surface area contributed by atoms with Gasteiger partial charge in [-0.1, -0.05) is 6.92 Å². The van der Waals surface area contributed by atoms with Crippen molar-refractivity contribution in [1.82, 2.24) is 19.3 Å². The Kier molecular flexibility index (Phi) is 3.01. The van der Waals surface area contributed by atoms with Gasteiger partial charge in [-0.2, -0.15) is 5.10 Å². The van der Waals surface area contributed by atoms with Crippen molar-refractivity contribution in [3.63, 3.8) is 0 Å². The normalized spacial score (nSPS) is 11.4. The highest BCUT2D eigenvalue weighted by Crippen LogP contribution is 2.27. The molecule has 0 saturated heterocycles. The topological polar surface area (TPSA) is 61.7 Å². The zero-order chi connectivity index (χ0) is 14.4. The Morgan fingerprint density at radius 2 is 2.15 bits per heavy atom. The first-order valence-corrected chi connectivity index (χ1v) is 6.97. The monoisotopic (exact) mass is 337 g/mol. The molecule has 2 heterocycles. The summed E-state index contributed by atoms with van der Waals surface area (Å²) in [4.78, 5) is 4.38. The fourth-order valence-corrected chi connectivity index (χ4v) is 2.68. The molecule has 3 rings (SSSR count). The van der Waals surface area contributed by atoms with Gasteiger partial charge in [0.25, 0.3) is 0 Å². The number of imidazole rings is 1. The molecule has 0 aliphatic carbocycles. The van der Waals surface area contributed by atoms with Crippen molar-refractivity contribution in [2.75, 3.05) is 5.73 Å². The lowest BCUT2D eigenvalue weighted by atomic mass is 10.3. The average molecular weight is 338 g/mol. The summed E-state index contributed by atoms with van der Waals surface area (Å²) in [6, 6.07) is 4.73. The molecule has 0 bridgehead atoms. The number of anilines is 1. The first-order valence-electron chi connectivity index (χ1n) is 6.18. The van der Waals surface area contributed by atoms with Gasteiger partial charge in [-0.15, -0.1) is 0 Å². The largest absolute Gasteiger partial charge is 0.369 e. The van der Waals surface area contributed by atoms with Crippen LogP contribution in [0.4, 0.5) is 10.3 Å². The predicted octanol–water partition coefficient (Wildman–Crippen LogP) is 2.81. The van der Waals surface area contributed by atoms with Crippen molar-refractivity contribution in [2.24, 2.45) is 7.05 Å². The second kappa shape index (κ2) is 4.59. The molecule has 0 amide bonds. The Hall–Kier alpha value is -1.89. The van der Waals surface area contributed by atoms with E-state index in [0.717, 1.165) is 29.0 Å². The SMILES string of the molecule is CCc1nn(C)c2c1nc(N)n2-c1ccc(F)c(Br)c1. The molecule has 20 heavy (non-hydrogen) atoms. The summed E-state index contributed by atoms with van der Waals surface area (Å²) >= 11 is 3.19. The third-order valence-electron chi connectivity index (χ3n) is 3.23. The molecule has 0 saturated carbocycles. The molecule has 1 aromatic carbocycles. The lowest BCUT2D eigenvalue weighted by Crippen LogP contribution is -2.05. The first-order chi connectivity index (χ1) is 9.52. The molecular formula is C13H13BrFN5. The van der Waals surface area contributed by atoms with Crippen molar-refractivity contribution < 1.29 is 4.39 Å². The highest BCUT2D eigenvalue weighted by atomic mass is 79.9. The third-order valence-corrected chi connectivity index (χ3v) is 3.83. The quantitative estimate of drug-likeness (QED) is 0.782. The number of nitrogens with zero attached hydrogens (tertiary/aromatic N) is 4. The van der Waals surface area contributed by atoms with Crippen LogP contribution in [0.15, 0.2) is 22.7 Å². The first kappa shape index (κ1) is 13.1. The van der Waals surface area contributed by atoms with Gasteiger partial charge in [-0.3, -0.25) is 4.57 Å². The molecule has 0 aliphatic heterocycles. The Morgan fingerprint density at radius 3 is 2.80 bits per heavy atom. The molecule has 3 aromatic rings. The minimum Gasteiger partial charge on any atom is -0.369 e. The Balaban J connectivity index is 2.32. The van der Waals surface area contributed by atoms with E-state index in [1.54, 1.807) is 21.4 Å². The van der Waals surface area contributed by atoms with Crippen molar-refractivity contribution in [3.05, 3.63) is 34.2 Å². The van der Waals surface area contributed by atoms with Gasteiger partial charge in [0, 0.05) is 7.05 Å². The molecule has 0 radical (unpaired) electrons. The van der Waals surface area contributed by atoms with Crippen LogP contribution in [0, 0.1) is 5.82 Å². The van der Waals surface area contributed by atoms with Crippen molar-refractivity contribution >= 4 is 33.0 Å². The highest BCUT2D eigenvalue weighted by molar-refractivity contribution is 9.10.